The number of piperazine rings is 1. The standard InChI is InChI=1S/C22H24ClN3O3S/c1-3-25-12-14-26(15-13-25)22-21(30(27,28)17-10-8-16(2)9-11-17)24-20(29-22)18-6-4-5-7-19(18)23/h4-11H,3,12-15H2,1-2H3/p+1. The van der Waals surface area contributed by atoms with Crippen LogP contribution in [0.3, 0.4) is 0 Å². The number of benzene rings is 2. The lowest BCUT2D eigenvalue weighted by Crippen LogP contribution is -3.14. The van der Waals surface area contributed by atoms with Crippen LogP contribution in [0.2, 0.25) is 5.02 Å². The van der Waals surface area contributed by atoms with Gasteiger partial charge in [0, 0.05) is 0 Å². The van der Waals surface area contributed by atoms with E-state index in [1.165, 1.54) is 4.90 Å². The van der Waals surface area contributed by atoms with Gasteiger partial charge in [0.1, 0.15) is 0 Å². The van der Waals surface area contributed by atoms with Crippen molar-refractivity contribution in [3.05, 3.63) is 59.1 Å². The monoisotopic (exact) mass is 446 g/mol. The van der Waals surface area contributed by atoms with Crippen molar-refractivity contribution in [2.45, 2.75) is 23.8 Å². The van der Waals surface area contributed by atoms with E-state index in [-0.39, 0.29) is 15.8 Å². The van der Waals surface area contributed by atoms with Crippen molar-refractivity contribution >= 4 is 27.3 Å². The topological polar surface area (TPSA) is 67.8 Å². The smallest absolute Gasteiger partial charge is 0.236 e. The van der Waals surface area contributed by atoms with E-state index in [9.17, 15) is 8.42 Å². The molecule has 158 valence electrons. The minimum absolute atomic E-state index is 0.0544. The van der Waals surface area contributed by atoms with E-state index in [0.717, 1.165) is 25.2 Å². The third-order valence-electron chi connectivity index (χ3n) is 5.53. The number of nitrogens with zero attached hydrogens (tertiary/aromatic N) is 2. The zero-order valence-electron chi connectivity index (χ0n) is 17.1. The first kappa shape index (κ1) is 20.9. The number of anilines is 1. The highest BCUT2D eigenvalue weighted by Crippen LogP contribution is 2.36. The van der Waals surface area contributed by atoms with Crippen LogP contribution < -0.4 is 9.80 Å². The molecule has 0 radical (unpaired) electrons. The van der Waals surface area contributed by atoms with Crippen LogP contribution >= 0.6 is 11.6 Å². The van der Waals surface area contributed by atoms with Crippen molar-refractivity contribution in [2.75, 3.05) is 37.6 Å². The fourth-order valence-corrected chi connectivity index (χ4v) is 5.17. The second-order valence-corrected chi connectivity index (χ2v) is 9.79. The van der Waals surface area contributed by atoms with Gasteiger partial charge in [-0.1, -0.05) is 41.4 Å². The highest BCUT2D eigenvalue weighted by molar-refractivity contribution is 7.91. The summed E-state index contributed by atoms with van der Waals surface area (Å²) >= 11 is 6.33. The van der Waals surface area contributed by atoms with Crippen LogP contribution in [0, 0.1) is 6.92 Å². The van der Waals surface area contributed by atoms with E-state index >= 15 is 0 Å². The van der Waals surface area contributed by atoms with Crippen molar-refractivity contribution in [1.82, 2.24) is 4.98 Å². The molecule has 1 N–H and O–H groups in total. The Hall–Kier alpha value is -2.35. The number of rotatable bonds is 5. The molecule has 0 amide bonds. The SMILES string of the molecule is CC[NH+]1CCN(c2oc(-c3ccccc3Cl)nc2S(=O)(=O)c2ccc(C)cc2)CC1. The molecular weight excluding hydrogens is 422 g/mol. The Morgan fingerprint density at radius 1 is 1.10 bits per heavy atom. The number of halogens is 1. The Kier molecular flexibility index (Phi) is 5.86. The average molecular weight is 447 g/mol. The van der Waals surface area contributed by atoms with E-state index < -0.39 is 9.84 Å². The third-order valence-corrected chi connectivity index (χ3v) is 7.52. The van der Waals surface area contributed by atoms with Gasteiger partial charge in [-0.05, 0) is 38.1 Å². The summed E-state index contributed by atoms with van der Waals surface area (Å²) in [7, 11) is -3.85. The molecule has 2 heterocycles. The van der Waals surface area contributed by atoms with E-state index in [2.05, 4.69) is 11.9 Å². The first-order valence-electron chi connectivity index (χ1n) is 10.1. The maximum Gasteiger partial charge on any atom is 0.236 e. The number of hydrogen-bond acceptors (Lipinski definition) is 5. The number of aryl methyl sites for hydroxylation is 1. The van der Waals surface area contributed by atoms with E-state index in [1.807, 2.05) is 24.0 Å². The molecule has 30 heavy (non-hydrogen) atoms. The van der Waals surface area contributed by atoms with Crippen LogP contribution in [0.5, 0.6) is 0 Å². The van der Waals surface area contributed by atoms with Crippen LogP contribution in [-0.2, 0) is 9.84 Å². The second-order valence-electron chi connectivity index (χ2n) is 7.52. The van der Waals surface area contributed by atoms with Crippen molar-refractivity contribution in [3.8, 4) is 11.5 Å². The predicted molar refractivity (Wildman–Crippen MR) is 117 cm³/mol. The maximum absolute atomic E-state index is 13.5. The zero-order valence-corrected chi connectivity index (χ0v) is 18.6. The number of quaternary nitrogens is 1. The molecule has 1 aromatic heterocycles. The lowest BCUT2D eigenvalue weighted by atomic mass is 10.2. The Labute approximate surface area is 182 Å². The number of aromatic nitrogens is 1. The molecular formula is C22H25ClN3O3S+. The summed E-state index contributed by atoms with van der Waals surface area (Å²) in [6.45, 7) is 8.37. The molecule has 6 nitrogen and oxygen atoms in total. The molecule has 2 aromatic carbocycles. The van der Waals surface area contributed by atoms with Gasteiger partial charge < -0.3 is 14.2 Å². The van der Waals surface area contributed by atoms with Gasteiger partial charge in [-0.15, -0.1) is 0 Å². The van der Waals surface area contributed by atoms with Crippen molar-refractivity contribution < 1.29 is 17.7 Å². The van der Waals surface area contributed by atoms with E-state index in [4.69, 9.17) is 16.0 Å². The van der Waals surface area contributed by atoms with E-state index in [1.54, 1.807) is 36.4 Å². The third kappa shape index (κ3) is 3.97. The molecule has 0 aliphatic carbocycles. The number of nitrogens with one attached hydrogen (secondary N) is 1. The van der Waals surface area contributed by atoms with Gasteiger partial charge in [-0.25, -0.2) is 8.42 Å². The van der Waals surface area contributed by atoms with Gasteiger partial charge in [0.15, 0.2) is 0 Å². The highest BCUT2D eigenvalue weighted by Gasteiger charge is 2.33. The van der Waals surface area contributed by atoms with Crippen molar-refractivity contribution in [1.29, 1.82) is 0 Å². The van der Waals surface area contributed by atoms with E-state index in [0.29, 0.717) is 29.6 Å². The van der Waals surface area contributed by atoms with Crippen LogP contribution in [0.15, 0.2) is 62.9 Å². The highest BCUT2D eigenvalue weighted by atomic mass is 35.5. The summed E-state index contributed by atoms with van der Waals surface area (Å²) in [6, 6.07) is 13.9. The first-order valence-corrected chi connectivity index (χ1v) is 11.9. The molecule has 0 saturated carbocycles. The quantitative estimate of drug-likeness (QED) is 0.652. The first-order chi connectivity index (χ1) is 14.4. The molecule has 1 fully saturated rings. The molecule has 0 bridgehead atoms. The van der Waals surface area contributed by atoms with Gasteiger partial charge >= 0.3 is 0 Å². The molecule has 0 spiro atoms. The molecule has 3 aromatic rings. The summed E-state index contributed by atoms with van der Waals surface area (Å²) in [4.78, 5) is 8.10. The Balaban J connectivity index is 1.82. The summed E-state index contributed by atoms with van der Waals surface area (Å²) in [5.74, 6) is 0.507. The number of oxazole rings is 1. The normalized spacial score (nSPS) is 15.5. The van der Waals surface area contributed by atoms with Gasteiger partial charge in [-0.3, -0.25) is 0 Å². The summed E-state index contributed by atoms with van der Waals surface area (Å²) in [5, 5.41) is 0.408. The average Bonchev–Trinajstić information content (AvgIpc) is 3.20. The zero-order chi connectivity index (χ0) is 21.3. The van der Waals surface area contributed by atoms with Gasteiger partial charge in [0.2, 0.25) is 26.6 Å². The summed E-state index contributed by atoms with van der Waals surface area (Å²) < 4.78 is 33.0. The Bertz CT molecular complexity index is 1130. The largest absolute Gasteiger partial charge is 0.419 e. The van der Waals surface area contributed by atoms with Crippen LogP contribution in [0.25, 0.3) is 11.5 Å². The number of sulfone groups is 1. The molecule has 1 aliphatic rings. The van der Waals surface area contributed by atoms with Gasteiger partial charge in [0.25, 0.3) is 0 Å². The van der Waals surface area contributed by atoms with Gasteiger partial charge in [0.05, 0.1) is 48.2 Å². The second kappa shape index (κ2) is 8.41. The van der Waals surface area contributed by atoms with Crippen LogP contribution in [-0.4, -0.2) is 46.1 Å². The summed E-state index contributed by atoms with van der Waals surface area (Å²) in [6.07, 6.45) is 0. The van der Waals surface area contributed by atoms with Crippen LogP contribution in [0.1, 0.15) is 12.5 Å². The minimum Gasteiger partial charge on any atom is -0.419 e. The Morgan fingerprint density at radius 3 is 2.40 bits per heavy atom. The molecule has 0 atom stereocenters. The maximum atomic E-state index is 13.5. The molecule has 1 aliphatic heterocycles. The van der Waals surface area contributed by atoms with Gasteiger partial charge in [-0.2, -0.15) is 4.98 Å². The summed E-state index contributed by atoms with van der Waals surface area (Å²) in [5.41, 5.74) is 1.56. The van der Waals surface area contributed by atoms with Crippen LogP contribution in [0.4, 0.5) is 5.88 Å². The number of likely N-dealkylation sites (N-methyl/N-ethyl adjacent to an activating group) is 1. The fraction of sp³-hybridized carbons (Fsp3) is 0.318. The lowest BCUT2D eigenvalue weighted by molar-refractivity contribution is -0.898. The fourth-order valence-electron chi connectivity index (χ4n) is 3.63. The molecule has 0 unspecified atom stereocenters. The van der Waals surface area contributed by atoms with Crippen molar-refractivity contribution in [2.24, 2.45) is 0 Å². The molecule has 1 saturated heterocycles. The predicted octanol–water partition coefficient (Wildman–Crippen LogP) is 2.86. The number of hydrogen-bond donors (Lipinski definition) is 1. The van der Waals surface area contributed by atoms with Crippen molar-refractivity contribution in [3.63, 3.8) is 0 Å². The molecule has 8 heteroatoms. The molecule has 4 rings (SSSR count). The Morgan fingerprint density at radius 2 is 1.77 bits per heavy atom. The lowest BCUT2D eigenvalue weighted by Gasteiger charge is -2.31. The minimum atomic E-state index is -3.85.